The van der Waals surface area contributed by atoms with E-state index in [-0.39, 0.29) is 24.2 Å². The molecule has 162 valence electrons. The molecular weight excluding hydrogens is 382 g/mol. The van der Waals surface area contributed by atoms with Crippen molar-refractivity contribution in [3.8, 4) is 5.75 Å². The summed E-state index contributed by atoms with van der Waals surface area (Å²) in [6, 6.07) is 6.84. The number of ether oxygens (including phenoxy) is 3. The lowest BCUT2D eigenvalue weighted by Crippen LogP contribution is -2.60. The van der Waals surface area contributed by atoms with E-state index in [1.807, 2.05) is 0 Å². The number of benzene rings is 1. The zero-order chi connectivity index (χ0) is 20.6. The SMILES string of the molecule is O=C(COC(=O)c1ccc(OC[C@H]2CCCO2)cc1)NC12CC3CC(CC(C3)C1)C2. The van der Waals surface area contributed by atoms with Crippen LogP contribution in [0.3, 0.4) is 0 Å². The number of hydrogen-bond donors (Lipinski definition) is 1. The number of esters is 1. The van der Waals surface area contributed by atoms with Crippen molar-refractivity contribution in [2.24, 2.45) is 17.8 Å². The molecule has 6 nitrogen and oxygen atoms in total. The van der Waals surface area contributed by atoms with Gasteiger partial charge in [-0.25, -0.2) is 4.79 Å². The number of nitrogens with one attached hydrogen (secondary N) is 1. The summed E-state index contributed by atoms with van der Waals surface area (Å²) in [6.07, 6.45) is 9.52. The Labute approximate surface area is 177 Å². The average molecular weight is 414 g/mol. The minimum absolute atomic E-state index is 0.0553. The lowest BCUT2D eigenvalue weighted by molar-refractivity contribution is -0.130. The molecule has 0 aromatic heterocycles. The van der Waals surface area contributed by atoms with E-state index in [9.17, 15) is 9.59 Å². The van der Waals surface area contributed by atoms with E-state index in [4.69, 9.17) is 14.2 Å². The summed E-state index contributed by atoms with van der Waals surface area (Å²) >= 11 is 0. The van der Waals surface area contributed by atoms with Gasteiger partial charge >= 0.3 is 5.97 Å². The first-order chi connectivity index (χ1) is 14.6. The van der Waals surface area contributed by atoms with Gasteiger partial charge in [-0.2, -0.15) is 0 Å². The number of carbonyl (C=O) groups is 2. The number of rotatable bonds is 7. The quantitative estimate of drug-likeness (QED) is 0.693. The molecule has 4 aliphatic carbocycles. The third-order valence-electron chi connectivity index (χ3n) is 7.33. The van der Waals surface area contributed by atoms with Crippen molar-refractivity contribution in [3.05, 3.63) is 29.8 Å². The standard InChI is InChI=1S/C24H31NO5/c26-22(25-24-11-16-8-17(12-24)10-18(9-16)13-24)15-30-23(27)19-3-5-20(6-4-19)29-14-21-2-1-7-28-21/h3-6,16-18,21H,1-2,7-15H2,(H,25,26)/t16?,17?,18?,21-,24?/m1/s1. The molecule has 1 aliphatic heterocycles. The maximum Gasteiger partial charge on any atom is 0.338 e. The molecule has 1 atom stereocenters. The van der Waals surface area contributed by atoms with Crippen LogP contribution in [-0.4, -0.2) is 43.3 Å². The number of amides is 1. The van der Waals surface area contributed by atoms with E-state index in [1.54, 1.807) is 24.3 Å². The summed E-state index contributed by atoms with van der Waals surface area (Å²) in [7, 11) is 0. The molecule has 4 bridgehead atoms. The van der Waals surface area contributed by atoms with Gasteiger partial charge in [0, 0.05) is 12.1 Å². The highest BCUT2D eigenvalue weighted by Crippen LogP contribution is 2.55. The van der Waals surface area contributed by atoms with E-state index < -0.39 is 5.97 Å². The molecule has 5 fully saturated rings. The van der Waals surface area contributed by atoms with E-state index in [0.29, 0.717) is 17.9 Å². The van der Waals surface area contributed by atoms with Gasteiger partial charge < -0.3 is 19.5 Å². The van der Waals surface area contributed by atoms with Crippen molar-refractivity contribution in [3.63, 3.8) is 0 Å². The van der Waals surface area contributed by atoms with Gasteiger partial charge in [0.1, 0.15) is 12.4 Å². The van der Waals surface area contributed by atoms with E-state index in [2.05, 4.69) is 5.32 Å². The van der Waals surface area contributed by atoms with Crippen LogP contribution in [0.1, 0.15) is 61.7 Å². The van der Waals surface area contributed by atoms with Crippen LogP contribution in [0.25, 0.3) is 0 Å². The highest BCUT2D eigenvalue weighted by molar-refractivity contribution is 5.91. The topological polar surface area (TPSA) is 73.9 Å². The molecular formula is C24H31NO5. The van der Waals surface area contributed by atoms with E-state index in [1.165, 1.54) is 19.3 Å². The first kappa shape index (κ1) is 19.9. The van der Waals surface area contributed by atoms with Gasteiger partial charge in [-0.1, -0.05) is 0 Å². The zero-order valence-corrected chi connectivity index (χ0v) is 17.4. The summed E-state index contributed by atoms with van der Waals surface area (Å²) in [4.78, 5) is 24.8. The smallest absolute Gasteiger partial charge is 0.338 e. The molecule has 1 saturated heterocycles. The third kappa shape index (κ3) is 4.34. The predicted octanol–water partition coefficient (Wildman–Crippen LogP) is 3.49. The van der Waals surface area contributed by atoms with Crippen LogP contribution in [0.2, 0.25) is 0 Å². The van der Waals surface area contributed by atoms with Crippen molar-refractivity contribution in [1.82, 2.24) is 5.32 Å². The Morgan fingerprint density at radius 2 is 1.70 bits per heavy atom. The molecule has 1 heterocycles. The van der Waals surface area contributed by atoms with Crippen LogP contribution in [0.5, 0.6) is 5.75 Å². The minimum atomic E-state index is -0.485. The Balaban J connectivity index is 1.08. The largest absolute Gasteiger partial charge is 0.491 e. The molecule has 6 rings (SSSR count). The fraction of sp³-hybridized carbons (Fsp3) is 0.667. The van der Waals surface area contributed by atoms with E-state index >= 15 is 0 Å². The second-order valence-corrected chi connectivity index (χ2v) is 9.79. The maximum absolute atomic E-state index is 12.5. The number of carbonyl (C=O) groups excluding carboxylic acids is 2. The van der Waals surface area contributed by atoms with Crippen LogP contribution in [0, 0.1) is 17.8 Å². The van der Waals surface area contributed by atoms with Gasteiger partial charge in [0.05, 0.1) is 11.7 Å². The monoisotopic (exact) mass is 413 g/mol. The van der Waals surface area contributed by atoms with Gasteiger partial charge in [0.15, 0.2) is 6.61 Å². The normalized spacial score (nSPS) is 34.0. The van der Waals surface area contributed by atoms with Crippen molar-refractivity contribution in [2.75, 3.05) is 19.8 Å². The van der Waals surface area contributed by atoms with Gasteiger partial charge in [-0.15, -0.1) is 0 Å². The summed E-state index contributed by atoms with van der Waals surface area (Å²) < 4.78 is 16.5. The highest BCUT2D eigenvalue weighted by Gasteiger charge is 2.51. The van der Waals surface area contributed by atoms with Crippen LogP contribution >= 0.6 is 0 Å². The van der Waals surface area contributed by atoms with Crippen molar-refractivity contribution in [1.29, 1.82) is 0 Å². The first-order valence-electron chi connectivity index (χ1n) is 11.4. The van der Waals surface area contributed by atoms with E-state index in [0.717, 1.165) is 56.5 Å². The molecule has 0 spiro atoms. The Morgan fingerprint density at radius 1 is 1.03 bits per heavy atom. The Bertz CT molecular complexity index is 748. The van der Waals surface area contributed by atoms with Gasteiger partial charge in [-0.05, 0) is 93.4 Å². The van der Waals surface area contributed by atoms with Gasteiger partial charge in [0.25, 0.3) is 5.91 Å². The molecule has 1 aromatic rings. The lowest BCUT2D eigenvalue weighted by atomic mass is 9.53. The van der Waals surface area contributed by atoms with Crippen LogP contribution in [0.4, 0.5) is 0 Å². The summed E-state index contributed by atoms with van der Waals surface area (Å²) in [5.41, 5.74) is 0.363. The molecule has 1 aromatic carbocycles. The first-order valence-corrected chi connectivity index (χ1v) is 11.4. The second-order valence-electron chi connectivity index (χ2n) is 9.79. The molecule has 30 heavy (non-hydrogen) atoms. The summed E-state index contributed by atoms with van der Waals surface area (Å²) in [5, 5.41) is 3.24. The highest BCUT2D eigenvalue weighted by atomic mass is 16.5. The van der Waals surface area contributed by atoms with Crippen molar-refractivity contribution >= 4 is 11.9 Å². The number of hydrogen-bond acceptors (Lipinski definition) is 5. The molecule has 4 saturated carbocycles. The molecule has 1 amide bonds. The fourth-order valence-corrected chi connectivity index (χ4v) is 6.46. The Hall–Kier alpha value is -2.08. The molecule has 0 unspecified atom stereocenters. The zero-order valence-electron chi connectivity index (χ0n) is 17.4. The second kappa shape index (κ2) is 8.22. The summed E-state index contributed by atoms with van der Waals surface area (Å²) in [5.74, 6) is 2.32. The molecule has 0 radical (unpaired) electrons. The Kier molecular flexibility index (Phi) is 5.44. The van der Waals surface area contributed by atoms with Crippen molar-refractivity contribution in [2.45, 2.75) is 63.0 Å². The lowest BCUT2D eigenvalue weighted by Gasteiger charge is -2.56. The van der Waals surface area contributed by atoms with Crippen LogP contribution < -0.4 is 10.1 Å². The Morgan fingerprint density at radius 3 is 2.30 bits per heavy atom. The molecule has 5 aliphatic rings. The molecule has 6 heteroatoms. The average Bonchev–Trinajstić information content (AvgIpc) is 3.23. The minimum Gasteiger partial charge on any atom is -0.491 e. The van der Waals surface area contributed by atoms with Crippen molar-refractivity contribution < 1.29 is 23.8 Å². The summed E-state index contributed by atoms with van der Waals surface area (Å²) in [6.45, 7) is 1.10. The predicted molar refractivity (Wildman–Crippen MR) is 110 cm³/mol. The third-order valence-corrected chi connectivity index (χ3v) is 7.33. The van der Waals surface area contributed by atoms with Crippen LogP contribution in [-0.2, 0) is 14.3 Å². The maximum atomic E-state index is 12.5. The van der Waals surface area contributed by atoms with Gasteiger partial charge in [0.2, 0.25) is 0 Å². The van der Waals surface area contributed by atoms with Crippen LogP contribution in [0.15, 0.2) is 24.3 Å². The van der Waals surface area contributed by atoms with Gasteiger partial charge in [-0.3, -0.25) is 4.79 Å². The fourth-order valence-electron chi connectivity index (χ4n) is 6.46. The molecule has 1 N–H and O–H groups in total.